The molecule has 7 heteroatoms. The number of methoxy groups -OCH3 is 1. The molecular formula is C18H25N3O3S. The second-order valence-electron chi connectivity index (χ2n) is 6.54. The first kappa shape index (κ1) is 18.1. The summed E-state index contributed by atoms with van der Waals surface area (Å²) >= 11 is 1.39. The Morgan fingerprint density at radius 2 is 2.12 bits per heavy atom. The number of piperidine rings is 1. The molecule has 2 unspecified atom stereocenters. The standard InChI is InChI=1S/C18H25N3O3S/c1-6-24-18(22)15-11(3)14-16(19-12(4)20-17(14)25-15)21-8-7-10(2)13(9-21)23-5/h10,13H,6-9H2,1-5H3. The second kappa shape index (κ2) is 7.25. The molecule has 2 aromatic heterocycles. The van der Waals surface area contributed by atoms with E-state index in [1.54, 1.807) is 7.11 Å². The second-order valence-corrected chi connectivity index (χ2v) is 7.54. The lowest BCUT2D eigenvalue weighted by Gasteiger charge is -2.37. The summed E-state index contributed by atoms with van der Waals surface area (Å²) in [6.45, 7) is 9.97. The van der Waals surface area contributed by atoms with E-state index in [1.165, 1.54) is 11.3 Å². The van der Waals surface area contributed by atoms with E-state index in [0.717, 1.165) is 41.1 Å². The number of carbonyl (C=O) groups is 1. The van der Waals surface area contributed by atoms with Crippen LogP contribution >= 0.6 is 11.3 Å². The van der Waals surface area contributed by atoms with E-state index in [4.69, 9.17) is 14.5 Å². The average Bonchev–Trinajstić information content (AvgIpc) is 2.91. The zero-order valence-corrected chi connectivity index (χ0v) is 16.3. The van der Waals surface area contributed by atoms with E-state index in [0.29, 0.717) is 23.2 Å². The maximum Gasteiger partial charge on any atom is 0.348 e. The third-order valence-corrected chi connectivity index (χ3v) is 6.00. The van der Waals surface area contributed by atoms with Crippen LogP contribution in [-0.2, 0) is 9.47 Å². The van der Waals surface area contributed by atoms with Crippen molar-refractivity contribution in [2.75, 3.05) is 31.7 Å². The van der Waals surface area contributed by atoms with E-state index >= 15 is 0 Å². The first-order valence-electron chi connectivity index (χ1n) is 8.68. The van der Waals surface area contributed by atoms with E-state index in [-0.39, 0.29) is 12.1 Å². The lowest BCUT2D eigenvalue weighted by molar-refractivity contribution is 0.0497. The summed E-state index contributed by atoms with van der Waals surface area (Å²) in [6, 6.07) is 0. The molecule has 136 valence electrons. The Bertz CT molecular complexity index is 789. The van der Waals surface area contributed by atoms with Crippen molar-refractivity contribution in [2.45, 2.75) is 40.2 Å². The predicted molar refractivity (Wildman–Crippen MR) is 99.6 cm³/mol. The fourth-order valence-electron chi connectivity index (χ4n) is 3.37. The van der Waals surface area contributed by atoms with Crippen molar-refractivity contribution >= 4 is 33.3 Å². The number of nitrogens with zero attached hydrogens (tertiary/aromatic N) is 3. The number of hydrogen-bond donors (Lipinski definition) is 0. The van der Waals surface area contributed by atoms with Gasteiger partial charge in [0.1, 0.15) is 21.3 Å². The number of aromatic nitrogens is 2. The quantitative estimate of drug-likeness (QED) is 0.776. The van der Waals surface area contributed by atoms with Crippen LogP contribution in [0.25, 0.3) is 10.2 Å². The minimum Gasteiger partial charge on any atom is -0.462 e. The summed E-state index contributed by atoms with van der Waals surface area (Å²) in [4.78, 5) is 25.2. The maximum atomic E-state index is 12.3. The summed E-state index contributed by atoms with van der Waals surface area (Å²) < 4.78 is 10.8. The molecule has 1 aliphatic rings. The molecule has 0 aromatic carbocycles. The van der Waals surface area contributed by atoms with Crippen molar-refractivity contribution in [1.82, 2.24) is 9.97 Å². The molecule has 6 nitrogen and oxygen atoms in total. The van der Waals surface area contributed by atoms with Crippen LogP contribution in [0.5, 0.6) is 0 Å². The molecule has 0 amide bonds. The number of carbonyl (C=O) groups excluding carboxylic acids is 1. The van der Waals surface area contributed by atoms with Crippen molar-refractivity contribution in [3.05, 3.63) is 16.3 Å². The fourth-order valence-corrected chi connectivity index (χ4v) is 4.49. The number of thiophene rings is 1. The van der Waals surface area contributed by atoms with E-state index in [9.17, 15) is 4.79 Å². The monoisotopic (exact) mass is 363 g/mol. The Labute approximate surface area is 152 Å². The number of fused-ring (bicyclic) bond motifs is 1. The summed E-state index contributed by atoms with van der Waals surface area (Å²) in [5.41, 5.74) is 0.904. The van der Waals surface area contributed by atoms with E-state index < -0.39 is 0 Å². The Kier molecular flexibility index (Phi) is 5.24. The van der Waals surface area contributed by atoms with Gasteiger partial charge in [-0.15, -0.1) is 11.3 Å². The number of esters is 1. The molecule has 0 spiro atoms. The molecule has 1 fully saturated rings. The average molecular weight is 363 g/mol. The minimum atomic E-state index is -0.284. The highest BCUT2D eigenvalue weighted by molar-refractivity contribution is 7.20. The smallest absolute Gasteiger partial charge is 0.348 e. The van der Waals surface area contributed by atoms with Crippen molar-refractivity contribution < 1.29 is 14.3 Å². The van der Waals surface area contributed by atoms with Gasteiger partial charge in [-0.05, 0) is 38.7 Å². The van der Waals surface area contributed by atoms with E-state index in [1.807, 2.05) is 20.8 Å². The highest BCUT2D eigenvalue weighted by Crippen LogP contribution is 2.37. The lowest BCUT2D eigenvalue weighted by atomic mass is 9.95. The van der Waals surface area contributed by atoms with Crippen molar-refractivity contribution in [3.8, 4) is 0 Å². The molecule has 3 heterocycles. The molecule has 0 saturated carbocycles. The van der Waals surface area contributed by atoms with Gasteiger partial charge in [-0.2, -0.15) is 0 Å². The summed E-state index contributed by atoms with van der Waals surface area (Å²) in [5, 5.41) is 0.961. The van der Waals surface area contributed by atoms with Gasteiger partial charge in [0.05, 0.1) is 18.1 Å². The molecule has 1 aliphatic heterocycles. The maximum absolute atomic E-state index is 12.3. The van der Waals surface area contributed by atoms with Gasteiger partial charge in [0.15, 0.2) is 0 Å². The van der Waals surface area contributed by atoms with Gasteiger partial charge in [-0.1, -0.05) is 6.92 Å². The van der Waals surface area contributed by atoms with Crippen molar-refractivity contribution in [3.63, 3.8) is 0 Å². The van der Waals surface area contributed by atoms with Crippen LogP contribution in [0.4, 0.5) is 5.82 Å². The van der Waals surface area contributed by atoms with Crippen LogP contribution < -0.4 is 4.90 Å². The SMILES string of the molecule is CCOC(=O)c1sc2nc(C)nc(N3CCC(C)C(OC)C3)c2c1C. The lowest BCUT2D eigenvalue weighted by Crippen LogP contribution is -2.44. The van der Waals surface area contributed by atoms with Crippen LogP contribution in [0, 0.1) is 19.8 Å². The minimum absolute atomic E-state index is 0.183. The zero-order valence-electron chi connectivity index (χ0n) is 15.5. The first-order valence-corrected chi connectivity index (χ1v) is 9.50. The fraction of sp³-hybridized carbons (Fsp3) is 0.611. The molecular weight excluding hydrogens is 338 g/mol. The van der Waals surface area contributed by atoms with Gasteiger partial charge in [-0.3, -0.25) is 0 Å². The topological polar surface area (TPSA) is 64.5 Å². The van der Waals surface area contributed by atoms with Crippen LogP contribution in [0.3, 0.4) is 0 Å². The Morgan fingerprint density at radius 3 is 2.80 bits per heavy atom. The molecule has 2 aromatic rings. The highest BCUT2D eigenvalue weighted by atomic mass is 32.1. The predicted octanol–water partition coefficient (Wildman–Crippen LogP) is 3.35. The number of hydrogen-bond acceptors (Lipinski definition) is 7. The van der Waals surface area contributed by atoms with Crippen LogP contribution in [0.1, 0.15) is 41.3 Å². The summed E-state index contributed by atoms with van der Waals surface area (Å²) in [7, 11) is 1.76. The van der Waals surface area contributed by atoms with Crippen LogP contribution in [-0.4, -0.2) is 48.8 Å². The van der Waals surface area contributed by atoms with Crippen LogP contribution in [0.15, 0.2) is 0 Å². The van der Waals surface area contributed by atoms with Gasteiger partial charge >= 0.3 is 5.97 Å². The largest absolute Gasteiger partial charge is 0.462 e. The Morgan fingerprint density at radius 1 is 1.36 bits per heavy atom. The van der Waals surface area contributed by atoms with Gasteiger partial charge in [0, 0.05) is 20.2 Å². The zero-order chi connectivity index (χ0) is 18.1. The van der Waals surface area contributed by atoms with Gasteiger partial charge in [0.2, 0.25) is 0 Å². The molecule has 0 radical (unpaired) electrons. The third-order valence-electron chi connectivity index (χ3n) is 4.84. The number of aryl methyl sites for hydroxylation is 2. The third kappa shape index (κ3) is 3.35. The van der Waals surface area contributed by atoms with Crippen LogP contribution in [0.2, 0.25) is 0 Å². The van der Waals surface area contributed by atoms with Gasteiger partial charge in [0.25, 0.3) is 0 Å². The van der Waals surface area contributed by atoms with Gasteiger partial charge in [-0.25, -0.2) is 14.8 Å². The first-order chi connectivity index (χ1) is 12.0. The molecule has 25 heavy (non-hydrogen) atoms. The highest BCUT2D eigenvalue weighted by Gasteiger charge is 2.30. The molecule has 0 aliphatic carbocycles. The van der Waals surface area contributed by atoms with Crippen molar-refractivity contribution in [2.24, 2.45) is 5.92 Å². The number of ether oxygens (including phenoxy) is 2. The Hall–Kier alpha value is -1.73. The molecule has 0 bridgehead atoms. The molecule has 2 atom stereocenters. The molecule has 3 rings (SSSR count). The molecule has 0 N–H and O–H groups in total. The molecule has 1 saturated heterocycles. The normalized spacial score (nSPS) is 20.9. The Balaban J connectivity index is 2.07. The summed E-state index contributed by atoms with van der Waals surface area (Å²) in [6.07, 6.45) is 1.24. The summed E-state index contributed by atoms with van der Waals surface area (Å²) in [5.74, 6) is 1.86. The number of anilines is 1. The van der Waals surface area contributed by atoms with Crippen molar-refractivity contribution in [1.29, 1.82) is 0 Å². The number of rotatable bonds is 4. The van der Waals surface area contributed by atoms with Gasteiger partial charge < -0.3 is 14.4 Å². The van der Waals surface area contributed by atoms with E-state index in [2.05, 4.69) is 16.8 Å².